The molecule has 0 saturated heterocycles. The lowest BCUT2D eigenvalue weighted by molar-refractivity contribution is -0.144. The third-order valence-corrected chi connectivity index (χ3v) is 11.4. The van der Waals surface area contributed by atoms with Crippen molar-refractivity contribution >= 4 is 31.4 Å². The Kier molecular flexibility index (Phi) is 10.8. The van der Waals surface area contributed by atoms with E-state index < -0.39 is 31.4 Å². The Morgan fingerprint density at radius 1 is 0.962 bits per heavy atom. The minimum atomic E-state index is -2.81. The quantitative estimate of drug-likeness (QED) is 0.252. The summed E-state index contributed by atoms with van der Waals surface area (Å²) in [6.07, 6.45) is 0.511. The van der Waals surface area contributed by atoms with Crippen LogP contribution in [-0.2, 0) is 26.9 Å². The minimum absolute atomic E-state index is 0.121. The molecule has 6 nitrogen and oxygen atoms in total. The van der Waals surface area contributed by atoms with Crippen LogP contribution in [0, 0.1) is 0 Å². The number of esters is 1. The number of carbonyl (C=O) groups excluding carboxylic acids is 1. The average Bonchev–Trinajstić information content (AvgIpc) is 2.41. The Morgan fingerprint density at radius 2 is 1.46 bits per heavy atom. The smallest absolute Gasteiger partial charge is 0.459 e. The fourth-order valence-corrected chi connectivity index (χ4v) is 12.6. The van der Waals surface area contributed by atoms with Gasteiger partial charge in [-0.1, -0.05) is 13.5 Å². The van der Waals surface area contributed by atoms with Crippen LogP contribution in [0.25, 0.3) is 0 Å². The summed E-state index contributed by atoms with van der Waals surface area (Å²) in [6, 6.07) is 0. The van der Waals surface area contributed by atoms with Gasteiger partial charge in [0.1, 0.15) is 12.7 Å². The number of rotatable bonds is 13. The summed E-state index contributed by atoms with van der Waals surface area (Å²) in [4.78, 5) is 11.6. The summed E-state index contributed by atoms with van der Waals surface area (Å²) in [6.45, 7) is 22.9. The number of hydrogen-bond acceptors (Lipinski definition) is 6. The van der Waals surface area contributed by atoms with Crippen LogP contribution in [0.2, 0.25) is 45.8 Å². The molecule has 0 aromatic rings. The first-order valence-electron chi connectivity index (χ1n) is 9.16. The van der Waals surface area contributed by atoms with Gasteiger partial charge in [-0.2, -0.15) is 0 Å². The van der Waals surface area contributed by atoms with Gasteiger partial charge in [0.25, 0.3) is 0 Å². The van der Waals surface area contributed by atoms with Crippen molar-refractivity contribution in [1.29, 1.82) is 0 Å². The van der Waals surface area contributed by atoms with Crippen molar-refractivity contribution in [3.63, 3.8) is 0 Å². The van der Waals surface area contributed by atoms with Crippen LogP contribution >= 0.6 is 0 Å². The zero-order valence-corrected chi connectivity index (χ0v) is 21.1. The Hall–Kier alpha value is -0.299. The van der Waals surface area contributed by atoms with Gasteiger partial charge in [-0.25, -0.2) is 4.79 Å². The Bertz CT molecular complexity index is 440. The Labute approximate surface area is 162 Å². The summed E-state index contributed by atoms with van der Waals surface area (Å²) in [5.74, 6) is -0.424. The van der Waals surface area contributed by atoms with Crippen molar-refractivity contribution in [2.24, 2.45) is 0 Å². The van der Waals surface area contributed by atoms with Crippen LogP contribution in [-0.4, -0.2) is 57.3 Å². The van der Waals surface area contributed by atoms with Gasteiger partial charge in [-0.05, 0) is 52.6 Å². The topological polar surface area (TPSA) is 63.2 Å². The zero-order valence-electron chi connectivity index (χ0n) is 18.1. The van der Waals surface area contributed by atoms with E-state index >= 15 is 0 Å². The largest absolute Gasteiger partial charge is 0.476 e. The standard InChI is InChI=1S/C17H38O6Si3/c1-11-12-19-16(13-20-17(18)15(2)3)14-21-26(10,22-24(4,5)6)23-25(7,8)9/h16H,2,11-14H2,1,3-10H3. The van der Waals surface area contributed by atoms with E-state index in [1.54, 1.807) is 6.92 Å². The molecule has 0 aliphatic heterocycles. The number of carbonyl (C=O) groups is 1. The molecular weight excluding hydrogens is 384 g/mol. The molecule has 0 radical (unpaired) electrons. The fourth-order valence-electron chi connectivity index (χ4n) is 2.16. The Morgan fingerprint density at radius 3 is 1.85 bits per heavy atom. The maximum Gasteiger partial charge on any atom is 0.476 e. The van der Waals surface area contributed by atoms with Gasteiger partial charge in [0.05, 0.1) is 6.61 Å². The maximum absolute atomic E-state index is 11.6. The lowest BCUT2D eigenvalue weighted by atomic mass is 10.3. The van der Waals surface area contributed by atoms with Crippen LogP contribution in [0.4, 0.5) is 0 Å². The highest BCUT2D eigenvalue weighted by molar-refractivity contribution is 6.85. The second kappa shape index (κ2) is 10.9. The molecule has 26 heavy (non-hydrogen) atoms. The molecule has 0 spiro atoms. The molecule has 1 atom stereocenters. The van der Waals surface area contributed by atoms with E-state index in [2.05, 4.69) is 45.9 Å². The monoisotopic (exact) mass is 422 g/mol. The predicted octanol–water partition coefficient (Wildman–Crippen LogP) is 4.19. The van der Waals surface area contributed by atoms with Crippen LogP contribution in [0.5, 0.6) is 0 Å². The van der Waals surface area contributed by atoms with Gasteiger partial charge < -0.3 is 22.1 Å². The molecule has 0 heterocycles. The van der Waals surface area contributed by atoms with E-state index in [0.29, 0.717) is 12.2 Å². The minimum Gasteiger partial charge on any atom is -0.459 e. The summed E-state index contributed by atoms with van der Waals surface area (Å²) in [7, 11) is -6.50. The van der Waals surface area contributed by atoms with Gasteiger partial charge >= 0.3 is 14.8 Å². The predicted molar refractivity (Wildman–Crippen MR) is 112 cm³/mol. The summed E-state index contributed by atoms with van der Waals surface area (Å²) < 4.78 is 29.8. The zero-order chi connectivity index (χ0) is 20.6. The highest BCUT2D eigenvalue weighted by Crippen LogP contribution is 2.22. The van der Waals surface area contributed by atoms with Crippen molar-refractivity contribution in [3.05, 3.63) is 12.2 Å². The van der Waals surface area contributed by atoms with Gasteiger partial charge in [-0.15, -0.1) is 0 Å². The van der Waals surface area contributed by atoms with Gasteiger partial charge in [0, 0.05) is 18.7 Å². The van der Waals surface area contributed by atoms with Crippen molar-refractivity contribution in [1.82, 2.24) is 0 Å². The molecule has 0 rings (SSSR count). The molecule has 9 heteroatoms. The van der Waals surface area contributed by atoms with Crippen molar-refractivity contribution in [3.8, 4) is 0 Å². The molecule has 154 valence electrons. The van der Waals surface area contributed by atoms with E-state index in [9.17, 15) is 4.79 Å². The molecule has 1 unspecified atom stereocenters. The second-order valence-electron chi connectivity index (χ2n) is 8.47. The first-order valence-corrected chi connectivity index (χ1v) is 18.2. The Balaban J connectivity index is 5.00. The highest BCUT2D eigenvalue weighted by Gasteiger charge is 2.43. The van der Waals surface area contributed by atoms with E-state index in [4.69, 9.17) is 22.1 Å². The van der Waals surface area contributed by atoms with Crippen molar-refractivity contribution in [2.75, 3.05) is 19.8 Å². The van der Waals surface area contributed by atoms with Gasteiger partial charge in [0.15, 0.2) is 16.6 Å². The van der Waals surface area contributed by atoms with E-state index in [0.717, 1.165) is 6.42 Å². The molecule has 0 saturated carbocycles. The van der Waals surface area contributed by atoms with E-state index in [-0.39, 0.29) is 19.3 Å². The lowest BCUT2D eigenvalue weighted by Gasteiger charge is -2.37. The van der Waals surface area contributed by atoms with Crippen molar-refractivity contribution < 1.29 is 26.9 Å². The third-order valence-electron chi connectivity index (χ3n) is 2.82. The fraction of sp³-hybridized carbons (Fsp3) is 0.824. The lowest BCUT2D eigenvalue weighted by Crippen LogP contribution is -2.55. The van der Waals surface area contributed by atoms with Crippen molar-refractivity contribution in [2.45, 2.75) is 72.2 Å². The van der Waals surface area contributed by atoms with Crippen LogP contribution in [0.3, 0.4) is 0 Å². The third kappa shape index (κ3) is 13.0. The summed E-state index contributed by atoms with van der Waals surface area (Å²) >= 11 is 0. The van der Waals surface area contributed by atoms with Crippen LogP contribution < -0.4 is 0 Å². The summed E-state index contributed by atoms with van der Waals surface area (Å²) in [5.41, 5.74) is 0.364. The molecule has 0 N–H and O–H groups in total. The number of hydrogen-bond donors (Lipinski definition) is 0. The molecule has 0 amide bonds. The second-order valence-corrected chi connectivity index (χ2v) is 20.6. The molecule has 0 aromatic heterocycles. The molecule has 0 bridgehead atoms. The van der Waals surface area contributed by atoms with Gasteiger partial charge in [-0.3, -0.25) is 0 Å². The van der Waals surface area contributed by atoms with E-state index in [1.165, 1.54) is 0 Å². The van der Waals surface area contributed by atoms with Crippen LogP contribution in [0.15, 0.2) is 12.2 Å². The SMILES string of the molecule is C=C(C)C(=O)OCC(CO[Si](C)(O[Si](C)(C)C)O[Si](C)(C)C)OCCC. The first kappa shape index (κ1) is 25.7. The van der Waals surface area contributed by atoms with Gasteiger partial charge in [0.2, 0.25) is 0 Å². The molecule has 0 aromatic carbocycles. The number of ether oxygens (including phenoxy) is 2. The molecule has 0 fully saturated rings. The highest BCUT2D eigenvalue weighted by atomic mass is 28.5. The van der Waals surface area contributed by atoms with E-state index in [1.807, 2.05) is 13.5 Å². The maximum atomic E-state index is 11.6. The molecule has 0 aliphatic carbocycles. The molecular formula is C17H38O6Si3. The average molecular weight is 423 g/mol. The molecule has 0 aliphatic rings. The van der Waals surface area contributed by atoms with Crippen LogP contribution in [0.1, 0.15) is 20.3 Å². The first-order chi connectivity index (χ1) is 11.7. The normalized spacial score (nSPS) is 14.2. The summed E-state index contributed by atoms with van der Waals surface area (Å²) in [5, 5.41) is 0.